The van der Waals surface area contributed by atoms with E-state index in [0.29, 0.717) is 11.0 Å². The van der Waals surface area contributed by atoms with Crippen LogP contribution in [-0.2, 0) is 6.42 Å². The van der Waals surface area contributed by atoms with Gasteiger partial charge in [-0.3, -0.25) is 4.79 Å². The zero-order chi connectivity index (χ0) is 18.5. The summed E-state index contributed by atoms with van der Waals surface area (Å²) in [5.41, 5.74) is 3.98. The molecule has 0 saturated heterocycles. The lowest BCUT2D eigenvalue weighted by Crippen LogP contribution is -2.16. The van der Waals surface area contributed by atoms with Crippen molar-refractivity contribution in [1.82, 2.24) is 9.97 Å². The normalized spacial score (nSPS) is 10.4. The molecule has 0 aliphatic carbocycles. The third kappa shape index (κ3) is 4.18. The number of nitrogens with zero attached hydrogens (tertiary/aromatic N) is 2. The summed E-state index contributed by atoms with van der Waals surface area (Å²) >= 11 is 5.98. The van der Waals surface area contributed by atoms with Crippen molar-refractivity contribution in [2.45, 2.75) is 20.3 Å². The second-order valence-corrected chi connectivity index (χ2v) is 6.25. The molecule has 1 amide bonds. The van der Waals surface area contributed by atoms with Crippen LogP contribution in [0.1, 0.15) is 28.5 Å². The van der Waals surface area contributed by atoms with E-state index in [1.807, 2.05) is 37.3 Å². The SMILES string of the molecule is CCc1cccc(C)c1NC(=O)c1ccnc(Nc2cccc(Cl)c2)n1. The molecule has 0 atom stereocenters. The van der Waals surface area contributed by atoms with Crippen LogP contribution in [0.5, 0.6) is 0 Å². The highest BCUT2D eigenvalue weighted by molar-refractivity contribution is 6.30. The monoisotopic (exact) mass is 366 g/mol. The minimum atomic E-state index is -0.273. The van der Waals surface area contributed by atoms with Gasteiger partial charge >= 0.3 is 0 Å². The molecule has 2 aromatic carbocycles. The highest BCUT2D eigenvalue weighted by Gasteiger charge is 2.13. The summed E-state index contributed by atoms with van der Waals surface area (Å²) in [5, 5.41) is 6.63. The topological polar surface area (TPSA) is 66.9 Å². The van der Waals surface area contributed by atoms with E-state index in [1.165, 1.54) is 0 Å². The third-order valence-electron chi connectivity index (χ3n) is 3.95. The Labute approximate surface area is 157 Å². The molecule has 3 aromatic rings. The predicted octanol–water partition coefficient (Wildman–Crippen LogP) is 5.00. The van der Waals surface area contributed by atoms with Crippen molar-refractivity contribution in [2.75, 3.05) is 10.6 Å². The number of amides is 1. The zero-order valence-corrected chi connectivity index (χ0v) is 15.3. The van der Waals surface area contributed by atoms with Crippen molar-refractivity contribution < 1.29 is 4.79 Å². The quantitative estimate of drug-likeness (QED) is 0.667. The van der Waals surface area contributed by atoms with Gasteiger partial charge in [0.2, 0.25) is 5.95 Å². The minimum Gasteiger partial charge on any atom is -0.324 e. The molecule has 0 bridgehead atoms. The lowest BCUT2D eigenvalue weighted by atomic mass is 10.1. The molecule has 0 spiro atoms. The number of carbonyl (C=O) groups is 1. The number of hydrogen-bond donors (Lipinski definition) is 2. The smallest absolute Gasteiger partial charge is 0.274 e. The van der Waals surface area contributed by atoms with E-state index in [4.69, 9.17) is 11.6 Å². The molecule has 26 heavy (non-hydrogen) atoms. The third-order valence-corrected chi connectivity index (χ3v) is 4.18. The molecule has 2 N–H and O–H groups in total. The number of aromatic nitrogens is 2. The second-order valence-electron chi connectivity index (χ2n) is 5.82. The van der Waals surface area contributed by atoms with Crippen molar-refractivity contribution in [3.05, 3.63) is 76.6 Å². The van der Waals surface area contributed by atoms with E-state index in [-0.39, 0.29) is 11.6 Å². The van der Waals surface area contributed by atoms with E-state index in [9.17, 15) is 4.79 Å². The van der Waals surface area contributed by atoms with Crippen LogP contribution in [-0.4, -0.2) is 15.9 Å². The van der Waals surface area contributed by atoms with Gasteiger partial charge in [-0.2, -0.15) is 0 Å². The maximum Gasteiger partial charge on any atom is 0.274 e. The first-order valence-electron chi connectivity index (χ1n) is 8.32. The van der Waals surface area contributed by atoms with Crippen LogP contribution in [0, 0.1) is 6.92 Å². The van der Waals surface area contributed by atoms with Gasteiger partial charge in [-0.05, 0) is 48.7 Å². The first-order valence-corrected chi connectivity index (χ1v) is 8.70. The van der Waals surface area contributed by atoms with E-state index in [2.05, 4.69) is 27.5 Å². The summed E-state index contributed by atoms with van der Waals surface area (Å²) in [5.74, 6) is 0.0611. The average molecular weight is 367 g/mol. The van der Waals surface area contributed by atoms with Gasteiger partial charge in [-0.1, -0.05) is 42.8 Å². The largest absolute Gasteiger partial charge is 0.324 e. The Hall–Kier alpha value is -2.92. The molecule has 132 valence electrons. The summed E-state index contributed by atoms with van der Waals surface area (Å²) < 4.78 is 0. The maximum atomic E-state index is 12.6. The molecule has 1 aromatic heterocycles. The number of halogens is 1. The summed E-state index contributed by atoms with van der Waals surface area (Å²) in [7, 11) is 0. The fraction of sp³-hybridized carbons (Fsp3) is 0.150. The Morgan fingerprint density at radius 3 is 2.73 bits per heavy atom. The fourth-order valence-electron chi connectivity index (χ4n) is 2.62. The number of benzene rings is 2. The zero-order valence-electron chi connectivity index (χ0n) is 14.6. The van der Waals surface area contributed by atoms with Crippen molar-refractivity contribution in [2.24, 2.45) is 0 Å². The highest BCUT2D eigenvalue weighted by atomic mass is 35.5. The summed E-state index contributed by atoms with van der Waals surface area (Å²) in [6.45, 7) is 4.03. The Morgan fingerprint density at radius 2 is 1.96 bits per heavy atom. The average Bonchev–Trinajstić information content (AvgIpc) is 2.63. The van der Waals surface area contributed by atoms with Crippen molar-refractivity contribution >= 4 is 34.8 Å². The first kappa shape index (κ1) is 17.9. The summed E-state index contributed by atoms with van der Waals surface area (Å²) in [6, 6.07) is 14.8. The van der Waals surface area contributed by atoms with Crippen LogP contribution in [0.25, 0.3) is 0 Å². The molecule has 5 nitrogen and oxygen atoms in total. The van der Waals surface area contributed by atoms with Crippen molar-refractivity contribution in [1.29, 1.82) is 0 Å². The standard InChI is InChI=1S/C20H19ClN4O/c1-3-14-7-4-6-13(2)18(14)25-19(26)17-10-11-22-20(24-17)23-16-9-5-8-15(21)12-16/h4-12H,3H2,1-2H3,(H,25,26)(H,22,23,24). The molecule has 6 heteroatoms. The van der Waals surface area contributed by atoms with Gasteiger partial charge in [0.25, 0.3) is 5.91 Å². The minimum absolute atomic E-state index is 0.273. The molecule has 1 heterocycles. The van der Waals surface area contributed by atoms with Crippen LogP contribution >= 0.6 is 11.6 Å². The van der Waals surface area contributed by atoms with E-state index < -0.39 is 0 Å². The number of aryl methyl sites for hydroxylation is 2. The lowest BCUT2D eigenvalue weighted by molar-refractivity contribution is 0.102. The summed E-state index contributed by atoms with van der Waals surface area (Å²) in [4.78, 5) is 21.1. The maximum absolute atomic E-state index is 12.6. The van der Waals surface area contributed by atoms with Gasteiger partial charge in [0.05, 0.1) is 0 Å². The number of rotatable bonds is 5. The van der Waals surface area contributed by atoms with Gasteiger partial charge in [-0.15, -0.1) is 0 Å². The Kier molecular flexibility index (Phi) is 5.49. The number of hydrogen-bond acceptors (Lipinski definition) is 4. The van der Waals surface area contributed by atoms with Crippen LogP contribution < -0.4 is 10.6 Å². The molecule has 0 fully saturated rings. The number of anilines is 3. The van der Waals surface area contributed by atoms with Gasteiger partial charge in [-0.25, -0.2) is 9.97 Å². The molecule has 0 aliphatic rings. The predicted molar refractivity (Wildman–Crippen MR) is 105 cm³/mol. The van der Waals surface area contributed by atoms with Crippen LogP contribution in [0.15, 0.2) is 54.7 Å². The van der Waals surface area contributed by atoms with Crippen LogP contribution in [0.3, 0.4) is 0 Å². The fourth-order valence-corrected chi connectivity index (χ4v) is 2.81. The van der Waals surface area contributed by atoms with Crippen LogP contribution in [0.2, 0.25) is 5.02 Å². The van der Waals surface area contributed by atoms with E-state index >= 15 is 0 Å². The van der Waals surface area contributed by atoms with Gasteiger partial charge in [0.1, 0.15) is 5.69 Å². The van der Waals surface area contributed by atoms with E-state index in [1.54, 1.807) is 24.4 Å². The molecule has 0 aliphatic heterocycles. The molecule has 0 unspecified atom stereocenters. The molecular weight excluding hydrogens is 348 g/mol. The molecule has 3 rings (SSSR count). The molecular formula is C20H19ClN4O. The second kappa shape index (κ2) is 7.97. The molecule has 0 saturated carbocycles. The van der Waals surface area contributed by atoms with Gasteiger partial charge in [0.15, 0.2) is 0 Å². The van der Waals surface area contributed by atoms with Crippen molar-refractivity contribution in [3.63, 3.8) is 0 Å². The highest BCUT2D eigenvalue weighted by Crippen LogP contribution is 2.22. The molecule has 0 radical (unpaired) electrons. The van der Waals surface area contributed by atoms with Gasteiger partial charge < -0.3 is 10.6 Å². The number of nitrogens with one attached hydrogen (secondary N) is 2. The first-order chi connectivity index (χ1) is 12.6. The van der Waals surface area contributed by atoms with E-state index in [0.717, 1.165) is 28.9 Å². The Morgan fingerprint density at radius 1 is 1.15 bits per heavy atom. The number of carbonyl (C=O) groups excluding carboxylic acids is 1. The van der Waals surface area contributed by atoms with Gasteiger partial charge in [0, 0.05) is 22.6 Å². The summed E-state index contributed by atoms with van der Waals surface area (Å²) in [6.07, 6.45) is 2.38. The number of para-hydroxylation sites is 1. The van der Waals surface area contributed by atoms with Crippen LogP contribution in [0.4, 0.5) is 17.3 Å². The Bertz CT molecular complexity index is 943. The lowest BCUT2D eigenvalue weighted by Gasteiger charge is -2.13. The Balaban J connectivity index is 1.81. The van der Waals surface area contributed by atoms with Crippen molar-refractivity contribution in [3.8, 4) is 0 Å².